The summed E-state index contributed by atoms with van der Waals surface area (Å²) in [6, 6.07) is 13.4. The van der Waals surface area contributed by atoms with Gasteiger partial charge in [0.1, 0.15) is 5.82 Å². The molecule has 2 N–H and O–H groups in total. The Morgan fingerprint density at radius 2 is 1.91 bits per heavy atom. The van der Waals surface area contributed by atoms with Crippen molar-refractivity contribution in [3.05, 3.63) is 70.5 Å². The van der Waals surface area contributed by atoms with Crippen molar-refractivity contribution in [3.8, 4) is 0 Å². The Balaban J connectivity index is 1.91. The van der Waals surface area contributed by atoms with Gasteiger partial charge in [-0.1, -0.05) is 48.0 Å². The van der Waals surface area contributed by atoms with Crippen LogP contribution in [0.4, 0.5) is 4.39 Å². The van der Waals surface area contributed by atoms with Crippen LogP contribution in [0.3, 0.4) is 0 Å². The molecule has 0 saturated heterocycles. The van der Waals surface area contributed by atoms with Crippen molar-refractivity contribution >= 4 is 17.5 Å². The van der Waals surface area contributed by atoms with Crippen LogP contribution in [0.1, 0.15) is 18.1 Å². The van der Waals surface area contributed by atoms with Crippen LogP contribution in [0.5, 0.6) is 0 Å². The summed E-state index contributed by atoms with van der Waals surface area (Å²) in [7, 11) is 0. The number of benzene rings is 2. The molecule has 0 radical (unpaired) electrons. The predicted molar refractivity (Wildman–Crippen MR) is 88.9 cm³/mol. The number of nitrogens with one attached hydrogen (secondary N) is 1. The zero-order valence-electron chi connectivity index (χ0n) is 12.8. The molecule has 2 atom stereocenters. The van der Waals surface area contributed by atoms with Crippen molar-refractivity contribution in [1.82, 2.24) is 5.32 Å². The Labute approximate surface area is 140 Å². The minimum absolute atomic E-state index is 0.159. The number of aliphatic hydroxyl groups is 1. The van der Waals surface area contributed by atoms with E-state index in [1.165, 1.54) is 12.1 Å². The smallest absolute Gasteiger partial charge is 0.224 e. The molecule has 0 aliphatic carbocycles. The Hall–Kier alpha value is -1.91. The molecule has 0 aliphatic heterocycles. The van der Waals surface area contributed by atoms with E-state index < -0.39 is 18.0 Å². The lowest BCUT2D eigenvalue weighted by Gasteiger charge is -2.20. The van der Waals surface area contributed by atoms with E-state index in [2.05, 4.69) is 5.32 Å². The lowest BCUT2D eigenvalue weighted by molar-refractivity contribution is -0.121. The first-order chi connectivity index (χ1) is 11.0. The average molecular weight is 336 g/mol. The molecule has 0 heterocycles. The summed E-state index contributed by atoms with van der Waals surface area (Å²) in [6.07, 6.45) is -0.450. The SMILES string of the molecule is CC(NC(=O)Cc1c(F)cccc1Cl)C(O)Cc1ccccc1. The number of hydrogen-bond donors (Lipinski definition) is 2. The fourth-order valence-electron chi connectivity index (χ4n) is 2.30. The van der Waals surface area contributed by atoms with Crippen LogP contribution in [0.2, 0.25) is 5.02 Å². The molecular weight excluding hydrogens is 317 g/mol. The first-order valence-electron chi connectivity index (χ1n) is 7.41. The van der Waals surface area contributed by atoms with Crippen molar-refractivity contribution in [1.29, 1.82) is 0 Å². The van der Waals surface area contributed by atoms with Crippen LogP contribution in [-0.4, -0.2) is 23.2 Å². The van der Waals surface area contributed by atoms with Crippen LogP contribution in [0, 0.1) is 5.82 Å². The van der Waals surface area contributed by atoms with Crippen molar-refractivity contribution in [3.63, 3.8) is 0 Å². The first kappa shape index (κ1) is 17.4. The fraction of sp³-hybridized carbons (Fsp3) is 0.278. The summed E-state index contributed by atoms with van der Waals surface area (Å²) in [5.74, 6) is -0.887. The summed E-state index contributed by atoms with van der Waals surface area (Å²) in [5.41, 5.74) is 1.15. The Morgan fingerprint density at radius 3 is 2.57 bits per heavy atom. The third-order valence-corrected chi connectivity index (χ3v) is 4.01. The Bertz CT molecular complexity index is 643. The number of carbonyl (C=O) groups is 1. The molecule has 5 heteroatoms. The second-order valence-electron chi connectivity index (χ2n) is 5.49. The molecule has 122 valence electrons. The van der Waals surface area contributed by atoms with Crippen LogP contribution >= 0.6 is 11.6 Å². The van der Waals surface area contributed by atoms with E-state index in [1.54, 1.807) is 13.0 Å². The topological polar surface area (TPSA) is 49.3 Å². The highest BCUT2D eigenvalue weighted by Gasteiger charge is 2.19. The van der Waals surface area contributed by atoms with Gasteiger partial charge in [0.2, 0.25) is 5.91 Å². The summed E-state index contributed by atoms with van der Waals surface area (Å²) < 4.78 is 13.7. The quantitative estimate of drug-likeness (QED) is 0.852. The zero-order chi connectivity index (χ0) is 16.8. The lowest BCUT2D eigenvalue weighted by Crippen LogP contribution is -2.42. The van der Waals surface area contributed by atoms with Gasteiger partial charge in [-0.25, -0.2) is 4.39 Å². The second-order valence-corrected chi connectivity index (χ2v) is 5.90. The number of aliphatic hydroxyl groups excluding tert-OH is 1. The molecule has 2 rings (SSSR count). The molecular formula is C18H19ClFNO2. The van der Waals surface area contributed by atoms with Gasteiger partial charge < -0.3 is 10.4 Å². The van der Waals surface area contributed by atoms with Crippen molar-refractivity contribution in [2.45, 2.75) is 31.9 Å². The summed E-state index contributed by atoms with van der Waals surface area (Å²) in [6.45, 7) is 1.72. The molecule has 0 bridgehead atoms. The highest BCUT2D eigenvalue weighted by molar-refractivity contribution is 6.31. The summed E-state index contributed by atoms with van der Waals surface area (Å²) >= 11 is 5.91. The number of carbonyl (C=O) groups excluding carboxylic acids is 1. The van der Waals surface area contributed by atoms with Crippen molar-refractivity contribution < 1.29 is 14.3 Å². The number of rotatable bonds is 6. The maximum atomic E-state index is 13.7. The third-order valence-electron chi connectivity index (χ3n) is 3.65. The molecule has 0 aromatic heterocycles. The van der Waals surface area contributed by atoms with Crippen molar-refractivity contribution in [2.75, 3.05) is 0 Å². The van der Waals surface area contributed by atoms with Gasteiger partial charge in [-0.05, 0) is 24.6 Å². The largest absolute Gasteiger partial charge is 0.391 e. The van der Waals surface area contributed by atoms with Gasteiger partial charge in [-0.2, -0.15) is 0 Å². The zero-order valence-corrected chi connectivity index (χ0v) is 13.6. The van der Waals surface area contributed by atoms with Gasteiger partial charge in [0, 0.05) is 17.0 Å². The van der Waals surface area contributed by atoms with Crippen LogP contribution < -0.4 is 5.32 Å². The monoisotopic (exact) mass is 335 g/mol. The minimum atomic E-state index is -0.725. The van der Waals surface area contributed by atoms with Crippen molar-refractivity contribution in [2.24, 2.45) is 0 Å². The van der Waals surface area contributed by atoms with Crippen LogP contribution in [0.25, 0.3) is 0 Å². The van der Waals surface area contributed by atoms with Gasteiger partial charge in [-0.15, -0.1) is 0 Å². The molecule has 3 nitrogen and oxygen atoms in total. The fourth-order valence-corrected chi connectivity index (χ4v) is 2.53. The number of amides is 1. The van der Waals surface area contributed by atoms with Crippen LogP contribution in [-0.2, 0) is 17.6 Å². The molecule has 0 spiro atoms. The standard InChI is InChI=1S/C18H19ClFNO2/c1-12(17(22)10-13-6-3-2-4-7-13)21-18(23)11-14-15(19)8-5-9-16(14)20/h2-9,12,17,22H,10-11H2,1H3,(H,21,23). The van der Waals surface area contributed by atoms with E-state index in [0.29, 0.717) is 6.42 Å². The number of halogens is 2. The van der Waals surface area contributed by atoms with Gasteiger partial charge in [0.15, 0.2) is 0 Å². The molecule has 0 aliphatic rings. The summed E-state index contributed by atoms with van der Waals surface area (Å²) in [5, 5.41) is 13.1. The lowest BCUT2D eigenvalue weighted by atomic mass is 10.0. The van der Waals surface area contributed by atoms with Gasteiger partial charge in [0.05, 0.1) is 18.6 Å². The molecule has 0 saturated carbocycles. The van der Waals surface area contributed by atoms with E-state index in [4.69, 9.17) is 11.6 Å². The van der Waals surface area contributed by atoms with Crippen LogP contribution in [0.15, 0.2) is 48.5 Å². The number of hydrogen-bond acceptors (Lipinski definition) is 2. The average Bonchev–Trinajstić information content (AvgIpc) is 2.52. The molecule has 1 amide bonds. The Morgan fingerprint density at radius 1 is 1.22 bits per heavy atom. The van der Waals surface area contributed by atoms with Gasteiger partial charge >= 0.3 is 0 Å². The molecule has 2 aromatic carbocycles. The molecule has 2 unspecified atom stereocenters. The maximum absolute atomic E-state index is 13.7. The molecule has 23 heavy (non-hydrogen) atoms. The van der Waals surface area contributed by atoms with E-state index in [1.807, 2.05) is 30.3 Å². The van der Waals surface area contributed by atoms with E-state index in [9.17, 15) is 14.3 Å². The van der Waals surface area contributed by atoms with E-state index in [-0.39, 0.29) is 22.9 Å². The maximum Gasteiger partial charge on any atom is 0.224 e. The van der Waals surface area contributed by atoms with E-state index >= 15 is 0 Å². The second kappa shape index (κ2) is 8.09. The highest BCUT2D eigenvalue weighted by Crippen LogP contribution is 2.19. The van der Waals surface area contributed by atoms with Gasteiger partial charge in [-0.3, -0.25) is 4.79 Å². The Kier molecular flexibility index (Phi) is 6.13. The highest BCUT2D eigenvalue weighted by atomic mass is 35.5. The molecule has 2 aromatic rings. The first-order valence-corrected chi connectivity index (χ1v) is 7.79. The minimum Gasteiger partial charge on any atom is -0.391 e. The third kappa shape index (κ3) is 5.05. The van der Waals surface area contributed by atoms with E-state index in [0.717, 1.165) is 5.56 Å². The van der Waals surface area contributed by atoms with Gasteiger partial charge in [0.25, 0.3) is 0 Å². The molecule has 0 fully saturated rings. The predicted octanol–water partition coefficient (Wildman–Crippen LogP) is 3.13. The summed E-state index contributed by atoms with van der Waals surface area (Å²) in [4.78, 5) is 12.0. The normalized spacial score (nSPS) is 13.4.